The van der Waals surface area contributed by atoms with Crippen LogP contribution < -0.4 is 0 Å². The van der Waals surface area contributed by atoms with Crippen LogP contribution in [0.25, 0.3) is 0 Å². The van der Waals surface area contributed by atoms with Crippen molar-refractivity contribution in [3.8, 4) is 0 Å². The smallest absolute Gasteiger partial charge is 0.343 e. The highest BCUT2D eigenvalue weighted by Gasteiger charge is 2.42. The molecule has 1 rings (SSSR count). The summed E-state index contributed by atoms with van der Waals surface area (Å²) < 4.78 is 17.9. The van der Waals surface area contributed by atoms with Crippen LogP contribution in [-0.4, -0.2) is 29.5 Å². The zero-order chi connectivity index (χ0) is 10.8. The van der Waals surface area contributed by atoms with E-state index in [4.69, 9.17) is 0 Å². The summed E-state index contributed by atoms with van der Waals surface area (Å²) in [6.07, 6.45) is 0.452. The highest BCUT2D eigenvalue weighted by atomic mass is 19.1. The highest BCUT2D eigenvalue weighted by Crippen LogP contribution is 2.38. The van der Waals surface area contributed by atoms with Gasteiger partial charge in [0.05, 0.1) is 6.61 Å². The molecule has 3 nitrogen and oxygen atoms in total. The molecule has 1 fully saturated rings. The minimum absolute atomic E-state index is 0.138. The molecule has 0 spiro atoms. The summed E-state index contributed by atoms with van der Waals surface area (Å²) in [4.78, 5) is 11.0. The van der Waals surface area contributed by atoms with E-state index in [1.807, 2.05) is 0 Å². The van der Waals surface area contributed by atoms with Crippen molar-refractivity contribution < 1.29 is 19.0 Å². The first-order chi connectivity index (χ1) is 6.47. The lowest BCUT2D eigenvalue weighted by atomic mass is 9.93. The van der Waals surface area contributed by atoms with Crippen molar-refractivity contribution in [1.29, 1.82) is 0 Å². The van der Waals surface area contributed by atoms with Crippen LogP contribution in [0.4, 0.5) is 4.39 Å². The maximum atomic E-state index is 13.4. The lowest BCUT2D eigenvalue weighted by molar-refractivity contribution is -0.160. The maximum Gasteiger partial charge on any atom is 0.343 e. The van der Waals surface area contributed by atoms with E-state index in [1.165, 1.54) is 6.92 Å². The molecule has 1 saturated carbocycles. The van der Waals surface area contributed by atoms with E-state index in [9.17, 15) is 14.3 Å². The summed E-state index contributed by atoms with van der Waals surface area (Å²) >= 11 is 0. The fourth-order valence-corrected chi connectivity index (χ4v) is 1.48. The first kappa shape index (κ1) is 11.4. The Kier molecular flexibility index (Phi) is 3.48. The molecule has 0 heterocycles. The van der Waals surface area contributed by atoms with E-state index in [2.05, 4.69) is 4.74 Å². The summed E-state index contributed by atoms with van der Waals surface area (Å²) in [5, 5.41) is 9.71. The van der Waals surface area contributed by atoms with Gasteiger partial charge >= 0.3 is 5.97 Å². The third kappa shape index (κ3) is 2.94. The molecule has 1 N–H and O–H groups in total. The SMILES string of the molecule is CCOC(=O)C(F)C(C)(O)CC1CC1. The standard InChI is InChI=1S/C10H17FO3/c1-3-14-9(12)8(11)10(2,13)6-7-4-5-7/h7-8,13H,3-6H2,1-2H3. The first-order valence-corrected chi connectivity index (χ1v) is 5.00. The molecule has 82 valence electrons. The Balaban J connectivity index is 2.46. The van der Waals surface area contributed by atoms with Crippen LogP contribution in [0.3, 0.4) is 0 Å². The van der Waals surface area contributed by atoms with Crippen LogP contribution in [0.15, 0.2) is 0 Å². The second-order valence-corrected chi connectivity index (χ2v) is 4.12. The number of halogens is 1. The van der Waals surface area contributed by atoms with Gasteiger partial charge in [-0.2, -0.15) is 0 Å². The molecule has 0 saturated heterocycles. The molecule has 0 aromatic rings. The van der Waals surface area contributed by atoms with Gasteiger partial charge in [0.15, 0.2) is 0 Å². The van der Waals surface area contributed by atoms with E-state index < -0.39 is 17.7 Å². The number of carbonyl (C=O) groups is 1. The van der Waals surface area contributed by atoms with Crippen molar-refractivity contribution in [2.75, 3.05) is 6.61 Å². The van der Waals surface area contributed by atoms with Crippen molar-refractivity contribution in [1.82, 2.24) is 0 Å². The second kappa shape index (κ2) is 4.26. The summed E-state index contributed by atoms with van der Waals surface area (Å²) in [5.74, 6) is -0.587. The molecule has 0 aromatic carbocycles. The number of rotatable bonds is 5. The van der Waals surface area contributed by atoms with Crippen LogP contribution in [0.2, 0.25) is 0 Å². The predicted octanol–water partition coefficient (Wildman–Crippen LogP) is 1.44. The Morgan fingerprint density at radius 1 is 1.71 bits per heavy atom. The van der Waals surface area contributed by atoms with Gasteiger partial charge in [0.25, 0.3) is 0 Å². The summed E-state index contributed by atoms with van der Waals surface area (Å²) in [6.45, 7) is 3.10. The fraction of sp³-hybridized carbons (Fsp3) is 0.900. The van der Waals surface area contributed by atoms with Gasteiger partial charge in [-0.15, -0.1) is 0 Å². The fourth-order valence-electron chi connectivity index (χ4n) is 1.48. The molecule has 0 bridgehead atoms. The first-order valence-electron chi connectivity index (χ1n) is 5.00. The average molecular weight is 204 g/mol. The van der Waals surface area contributed by atoms with Gasteiger partial charge in [0.1, 0.15) is 5.60 Å². The van der Waals surface area contributed by atoms with Gasteiger partial charge in [0, 0.05) is 0 Å². The molecule has 0 amide bonds. The molecular weight excluding hydrogens is 187 g/mol. The Morgan fingerprint density at radius 3 is 2.71 bits per heavy atom. The lowest BCUT2D eigenvalue weighted by Crippen LogP contribution is -2.43. The average Bonchev–Trinajstić information content (AvgIpc) is 2.86. The molecular formula is C10H17FO3. The maximum absolute atomic E-state index is 13.4. The predicted molar refractivity (Wildman–Crippen MR) is 49.5 cm³/mol. The molecule has 0 radical (unpaired) electrons. The van der Waals surface area contributed by atoms with Crippen molar-refractivity contribution in [3.63, 3.8) is 0 Å². The van der Waals surface area contributed by atoms with Crippen molar-refractivity contribution in [2.45, 2.75) is 44.9 Å². The second-order valence-electron chi connectivity index (χ2n) is 4.12. The number of alkyl halides is 1. The number of hydrogen-bond donors (Lipinski definition) is 1. The van der Waals surface area contributed by atoms with Gasteiger partial charge < -0.3 is 9.84 Å². The molecule has 0 aromatic heterocycles. The number of carbonyl (C=O) groups excluding carboxylic acids is 1. The minimum atomic E-state index is -1.93. The van der Waals surface area contributed by atoms with Crippen molar-refractivity contribution >= 4 is 5.97 Å². The molecule has 1 aliphatic rings. The molecule has 0 aliphatic heterocycles. The number of ether oxygens (including phenoxy) is 1. The topological polar surface area (TPSA) is 46.5 Å². The molecule has 1 aliphatic carbocycles. The minimum Gasteiger partial charge on any atom is -0.464 e. The van der Waals surface area contributed by atoms with Crippen molar-refractivity contribution in [3.05, 3.63) is 0 Å². The Labute approximate surface area is 83.3 Å². The van der Waals surface area contributed by atoms with Crippen LogP contribution in [0.5, 0.6) is 0 Å². The third-order valence-electron chi connectivity index (χ3n) is 2.44. The molecule has 2 atom stereocenters. The van der Waals surface area contributed by atoms with E-state index in [-0.39, 0.29) is 6.61 Å². The summed E-state index contributed by atoms with van der Waals surface area (Å²) in [7, 11) is 0. The van der Waals surface area contributed by atoms with Crippen LogP contribution in [-0.2, 0) is 9.53 Å². The molecule has 14 heavy (non-hydrogen) atoms. The van der Waals surface area contributed by atoms with Crippen LogP contribution in [0, 0.1) is 5.92 Å². The summed E-state index contributed by atoms with van der Waals surface area (Å²) in [6, 6.07) is 0. The number of aliphatic hydroxyl groups is 1. The van der Waals surface area contributed by atoms with E-state index in [1.54, 1.807) is 6.92 Å². The Bertz CT molecular complexity index is 211. The van der Waals surface area contributed by atoms with Gasteiger partial charge in [-0.25, -0.2) is 9.18 Å². The zero-order valence-electron chi connectivity index (χ0n) is 8.62. The van der Waals surface area contributed by atoms with Gasteiger partial charge in [-0.1, -0.05) is 12.8 Å². The zero-order valence-corrected chi connectivity index (χ0v) is 8.62. The quantitative estimate of drug-likeness (QED) is 0.689. The normalized spacial score (nSPS) is 22.6. The van der Waals surface area contributed by atoms with Crippen LogP contribution >= 0.6 is 0 Å². The Hall–Kier alpha value is -0.640. The van der Waals surface area contributed by atoms with Crippen LogP contribution in [0.1, 0.15) is 33.1 Å². The van der Waals surface area contributed by atoms with Crippen molar-refractivity contribution in [2.24, 2.45) is 5.92 Å². The van der Waals surface area contributed by atoms with E-state index >= 15 is 0 Å². The third-order valence-corrected chi connectivity index (χ3v) is 2.44. The molecule has 2 unspecified atom stereocenters. The largest absolute Gasteiger partial charge is 0.464 e. The lowest BCUT2D eigenvalue weighted by Gasteiger charge is -2.25. The van der Waals surface area contributed by atoms with E-state index in [0.29, 0.717) is 12.3 Å². The van der Waals surface area contributed by atoms with Gasteiger partial charge in [0.2, 0.25) is 6.17 Å². The Morgan fingerprint density at radius 2 is 2.29 bits per heavy atom. The van der Waals surface area contributed by atoms with Gasteiger partial charge in [-0.3, -0.25) is 0 Å². The monoisotopic (exact) mass is 204 g/mol. The molecule has 4 heteroatoms. The van der Waals surface area contributed by atoms with E-state index in [0.717, 1.165) is 12.8 Å². The highest BCUT2D eigenvalue weighted by molar-refractivity contribution is 5.76. The summed E-state index contributed by atoms with van der Waals surface area (Å²) in [5.41, 5.74) is -1.58. The number of hydrogen-bond acceptors (Lipinski definition) is 3. The van der Waals surface area contributed by atoms with Gasteiger partial charge in [-0.05, 0) is 26.2 Å². The number of esters is 1.